The summed E-state index contributed by atoms with van der Waals surface area (Å²) in [4.78, 5) is 15.4. The average molecular weight is 330 g/mol. The van der Waals surface area contributed by atoms with Crippen LogP contribution in [0.3, 0.4) is 0 Å². The Morgan fingerprint density at radius 1 is 1.17 bits per heavy atom. The number of ether oxygens (including phenoxy) is 1. The lowest BCUT2D eigenvalue weighted by molar-refractivity contribution is 0.0600. The summed E-state index contributed by atoms with van der Waals surface area (Å²) in [6, 6.07) is 9.55. The lowest BCUT2D eigenvalue weighted by atomic mass is 10.1. The minimum atomic E-state index is -0.626. The van der Waals surface area contributed by atoms with Crippen molar-refractivity contribution in [1.29, 1.82) is 0 Å². The number of benzene rings is 2. The van der Waals surface area contributed by atoms with E-state index in [1.54, 1.807) is 24.3 Å². The van der Waals surface area contributed by atoms with Crippen LogP contribution in [0.15, 0.2) is 53.1 Å². The molecule has 0 bridgehead atoms. The molecule has 0 saturated heterocycles. The quantitative estimate of drug-likeness (QED) is 0.728. The lowest BCUT2D eigenvalue weighted by Gasteiger charge is -2.03. The van der Waals surface area contributed by atoms with E-state index in [2.05, 4.69) is 15.0 Å². The Balaban J connectivity index is 1.80. The van der Waals surface area contributed by atoms with Crippen molar-refractivity contribution in [3.05, 3.63) is 65.9 Å². The van der Waals surface area contributed by atoms with E-state index in [1.165, 1.54) is 13.3 Å². The topological polar surface area (TPSA) is 64.4 Å². The van der Waals surface area contributed by atoms with Crippen LogP contribution >= 0.6 is 0 Å². The highest BCUT2D eigenvalue weighted by Crippen LogP contribution is 2.26. The first-order chi connectivity index (χ1) is 11.6. The molecule has 1 heterocycles. The van der Waals surface area contributed by atoms with Crippen LogP contribution in [0.4, 0.5) is 20.5 Å². The van der Waals surface area contributed by atoms with Crippen LogP contribution in [0.25, 0.3) is 11.3 Å². The monoisotopic (exact) mass is 330 g/mol. The molecule has 5 nitrogen and oxygen atoms in total. The summed E-state index contributed by atoms with van der Waals surface area (Å²) >= 11 is 0. The van der Waals surface area contributed by atoms with Gasteiger partial charge in [0.1, 0.15) is 11.6 Å². The largest absolute Gasteiger partial charge is 0.465 e. The predicted molar refractivity (Wildman–Crippen MR) is 82.9 cm³/mol. The smallest absolute Gasteiger partial charge is 0.337 e. The molecule has 0 amide bonds. The highest BCUT2D eigenvalue weighted by molar-refractivity contribution is 5.89. The second-order valence-electron chi connectivity index (χ2n) is 4.85. The number of hydrogen-bond acceptors (Lipinski definition) is 5. The maximum absolute atomic E-state index is 13.6. The lowest BCUT2D eigenvalue weighted by Crippen LogP contribution is -2.00. The van der Waals surface area contributed by atoms with Crippen molar-refractivity contribution >= 4 is 17.7 Å². The van der Waals surface area contributed by atoms with Crippen LogP contribution in [0, 0.1) is 11.6 Å². The fourth-order valence-electron chi connectivity index (χ4n) is 2.06. The minimum Gasteiger partial charge on any atom is -0.465 e. The number of esters is 1. The predicted octanol–water partition coefficient (Wildman–Crippen LogP) is 4.15. The highest BCUT2D eigenvalue weighted by Gasteiger charge is 2.11. The molecule has 0 aliphatic heterocycles. The number of nitrogens with one attached hydrogen (secondary N) is 1. The SMILES string of the molecule is COC(=O)c1ccc(-c2cnc(Nc3cc(F)ccc3F)o2)cc1. The summed E-state index contributed by atoms with van der Waals surface area (Å²) in [5.74, 6) is -1.24. The molecule has 0 spiro atoms. The molecule has 24 heavy (non-hydrogen) atoms. The van der Waals surface area contributed by atoms with Crippen molar-refractivity contribution in [3.8, 4) is 11.3 Å². The van der Waals surface area contributed by atoms with E-state index < -0.39 is 17.6 Å². The van der Waals surface area contributed by atoms with Gasteiger partial charge < -0.3 is 14.5 Å². The molecule has 0 saturated carbocycles. The Morgan fingerprint density at radius 2 is 1.92 bits per heavy atom. The number of rotatable bonds is 4. The van der Waals surface area contributed by atoms with Crippen LogP contribution in [-0.2, 0) is 4.74 Å². The third-order valence-corrected chi connectivity index (χ3v) is 3.27. The first-order valence-electron chi connectivity index (χ1n) is 6.93. The van der Waals surface area contributed by atoms with Gasteiger partial charge in [-0.25, -0.2) is 18.6 Å². The van der Waals surface area contributed by atoms with Crippen molar-refractivity contribution < 1.29 is 22.7 Å². The van der Waals surface area contributed by atoms with Crippen molar-refractivity contribution in [3.63, 3.8) is 0 Å². The minimum absolute atomic E-state index is 0.0199. The third kappa shape index (κ3) is 3.24. The number of oxazole rings is 1. The zero-order valence-corrected chi connectivity index (χ0v) is 12.5. The van der Waals surface area contributed by atoms with Gasteiger partial charge in [0.15, 0.2) is 5.76 Å². The van der Waals surface area contributed by atoms with Gasteiger partial charge in [-0.05, 0) is 24.3 Å². The summed E-state index contributed by atoms with van der Waals surface area (Å²) < 4.78 is 36.8. The normalized spacial score (nSPS) is 10.5. The summed E-state index contributed by atoms with van der Waals surface area (Å²) in [7, 11) is 1.30. The number of aromatic nitrogens is 1. The number of carbonyl (C=O) groups is 1. The summed E-state index contributed by atoms with van der Waals surface area (Å²) in [6.45, 7) is 0. The van der Waals surface area contributed by atoms with Gasteiger partial charge in [0.05, 0.1) is 24.6 Å². The summed E-state index contributed by atoms with van der Waals surface area (Å²) in [5.41, 5.74) is 0.994. The Kier molecular flexibility index (Phi) is 4.24. The fraction of sp³-hybridized carbons (Fsp3) is 0.0588. The molecule has 1 aromatic heterocycles. The Labute approximate surface area is 135 Å². The van der Waals surface area contributed by atoms with Gasteiger partial charge in [0.2, 0.25) is 0 Å². The molecular formula is C17H12F2N2O3. The van der Waals surface area contributed by atoms with Gasteiger partial charge >= 0.3 is 5.97 Å². The fourth-order valence-corrected chi connectivity index (χ4v) is 2.06. The van der Waals surface area contributed by atoms with E-state index in [1.807, 2.05) is 0 Å². The van der Waals surface area contributed by atoms with E-state index in [9.17, 15) is 13.6 Å². The van der Waals surface area contributed by atoms with Crippen LogP contribution in [-0.4, -0.2) is 18.1 Å². The van der Waals surface area contributed by atoms with Crippen LogP contribution in [0.2, 0.25) is 0 Å². The van der Waals surface area contributed by atoms with Crippen LogP contribution in [0.5, 0.6) is 0 Å². The number of hydrogen-bond donors (Lipinski definition) is 1. The Hall–Kier alpha value is -3.22. The zero-order chi connectivity index (χ0) is 17.1. The molecule has 122 valence electrons. The second-order valence-corrected chi connectivity index (χ2v) is 4.85. The van der Waals surface area contributed by atoms with Crippen molar-refractivity contribution in [2.24, 2.45) is 0 Å². The standard InChI is InChI=1S/C17H12F2N2O3/c1-23-16(22)11-4-2-10(3-5-11)15-9-20-17(24-15)21-14-8-12(18)6-7-13(14)19/h2-9H,1H3,(H,20,21). The van der Waals surface area contributed by atoms with E-state index in [4.69, 9.17) is 4.42 Å². The molecular weight excluding hydrogens is 318 g/mol. The van der Waals surface area contributed by atoms with Gasteiger partial charge in [-0.1, -0.05) is 12.1 Å². The van der Waals surface area contributed by atoms with E-state index in [0.29, 0.717) is 16.9 Å². The van der Waals surface area contributed by atoms with Crippen molar-refractivity contribution in [2.45, 2.75) is 0 Å². The average Bonchev–Trinajstić information content (AvgIpc) is 3.06. The number of carbonyl (C=O) groups excluding carboxylic acids is 1. The molecule has 0 fully saturated rings. The zero-order valence-electron chi connectivity index (χ0n) is 12.5. The molecule has 7 heteroatoms. The second kappa shape index (κ2) is 6.49. The van der Waals surface area contributed by atoms with E-state index >= 15 is 0 Å². The molecule has 0 atom stereocenters. The van der Waals surface area contributed by atoms with Crippen LogP contribution in [0.1, 0.15) is 10.4 Å². The first kappa shape index (κ1) is 15.7. The molecule has 0 radical (unpaired) electrons. The molecule has 1 N–H and O–H groups in total. The molecule has 2 aromatic carbocycles. The number of anilines is 2. The van der Waals surface area contributed by atoms with E-state index in [0.717, 1.165) is 18.2 Å². The maximum Gasteiger partial charge on any atom is 0.337 e. The summed E-state index contributed by atoms with van der Waals surface area (Å²) in [5, 5.41) is 2.58. The van der Waals surface area contributed by atoms with E-state index in [-0.39, 0.29) is 11.7 Å². The van der Waals surface area contributed by atoms with Crippen molar-refractivity contribution in [2.75, 3.05) is 12.4 Å². The van der Waals surface area contributed by atoms with Crippen LogP contribution < -0.4 is 5.32 Å². The Bertz CT molecular complexity index is 876. The van der Waals surface area contributed by atoms with Gasteiger partial charge in [-0.2, -0.15) is 0 Å². The summed E-state index contributed by atoms with van der Waals surface area (Å²) in [6.07, 6.45) is 1.44. The third-order valence-electron chi connectivity index (χ3n) is 3.27. The molecule has 0 unspecified atom stereocenters. The molecule has 3 rings (SSSR count). The molecule has 3 aromatic rings. The van der Waals surface area contributed by atoms with Gasteiger partial charge in [0, 0.05) is 11.6 Å². The van der Waals surface area contributed by atoms with Gasteiger partial charge in [-0.15, -0.1) is 0 Å². The first-order valence-corrected chi connectivity index (χ1v) is 6.93. The number of methoxy groups -OCH3 is 1. The molecule has 0 aliphatic rings. The maximum atomic E-state index is 13.6. The Morgan fingerprint density at radius 3 is 2.62 bits per heavy atom. The number of halogens is 2. The van der Waals surface area contributed by atoms with Gasteiger partial charge in [-0.3, -0.25) is 0 Å². The highest BCUT2D eigenvalue weighted by atomic mass is 19.1. The van der Waals surface area contributed by atoms with Gasteiger partial charge in [0.25, 0.3) is 6.01 Å². The van der Waals surface area contributed by atoms with Crippen molar-refractivity contribution in [1.82, 2.24) is 4.98 Å². The molecule has 0 aliphatic carbocycles. The number of nitrogens with zero attached hydrogens (tertiary/aromatic N) is 1.